The van der Waals surface area contributed by atoms with E-state index < -0.39 is 0 Å². The van der Waals surface area contributed by atoms with Gasteiger partial charge in [-0.05, 0) is 50.0 Å². The third-order valence-corrected chi connectivity index (χ3v) is 4.67. The Balaban J connectivity index is 1.79. The van der Waals surface area contributed by atoms with Gasteiger partial charge in [0, 0.05) is 28.9 Å². The van der Waals surface area contributed by atoms with Gasteiger partial charge in [-0.1, -0.05) is 18.2 Å². The fourth-order valence-electron chi connectivity index (χ4n) is 3.43. The van der Waals surface area contributed by atoms with Gasteiger partial charge in [0.1, 0.15) is 5.75 Å². The molecule has 1 unspecified atom stereocenters. The van der Waals surface area contributed by atoms with Crippen molar-refractivity contribution in [3.8, 4) is 11.4 Å². The Bertz CT molecular complexity index is 1020. The van der Waals surface area contributed by atoms with Crippen LogP contribution in [-0.4, -0.2) is 40.9 Å². The molecule has 132 valence electrons. The first-order chi connectivity index (χ1) is 12.7. The largest absolute Gasteiger partial charge is 0.497 e. The average Bonchev–Trinajstić information content (AvgIpc) is 3.30. The van der Waals surface area contributed by atoms with Crippen molar-refractivity contribution in [2.45, 2.75) is 6.04 Å². The number of para-hydroxylation sites is 1. The second-order valence-corrected chi connectivity index (χ2v) is 6.58. The molecule has 2 aromatic carbocycles. The molecule has 4 rings (SSSR count). The topological polar surface area (TPSA) is 46.1 Å². The van der Waals surface area contributed by atoms with Crippen molar-refractivity contribution in [3.63, 3.8) is 0 Å². The molecule has 0 aliphatic carbocycles. The van der Waals surface area contributed by atoms with E-state index in [0.29, 0.717) is 0 Å². The molecule has 0 aliphatic rings. The summed E-state index contributed by atoms with van der Waals surface area (Å²) in [6.45, 7) is 0. The lowest BCUT2D eigenvalue weighted by Gasteiger charge is -2.23. The quantitative estimate of drug-likeness (QED) is 0.594. The monoisotopic (exact) mass is 346 g/mol. The first-order valence-corrected chi connectivity index (χ1v) is 8.59. The van der Waals surface area contributed by atoms with Crippen LogP contribution in [0.2, 0.25) is 0 Å². The number of fused-ring (bicyclic) bond motifs is 1. The Morgan fingerprint density at radius 2 is 1.92 bits per heavy atom. The molecule has 5 heteroatoms. The highest BCUT2D eigenvalue weighted by molar-refractivity contribution is 5.85. The minimum Gasteiger partial charge on any atom is -0.497 e. The van der Waals surface area contributed by atoms with Crippen molar-refractivity contribution in [3.05, 3.63) is 78.2 Å². The van der Waals surface area contributed by atoms with Crippen LogP contribution < -0.4 is 4.74 Å². The van der Waals surface area contributed by atoms with Gasteiger partial charge in [0.05, 0.1) is 25.0 Å². The van der Waals surface area contributed by atoms with Gasteiger partial charge in [-0.3, -0.25) is 4.90 Å². The van der Waals surface area contributed by atoms with E-state index >= 15 is 0 Å². The van der Waals surface area contributed by atoms with Crippen molar-refractivity contribution in [1.82, 2.24) is 19.7 Å². The maximum atomic E-state index is 5.41. The summed E-state index contributed by atoms with van der Waals surface area (Å²) in [6.07, 6.45) is 6.12. The number of nitrogens with one attached hydrogen (secondary N) is 1. The molecule has 0 aliphatic heterocycles. The van der Waals surface area contributed by atoms with Crippen LogP contribution >= 0.6 is 0 Å². The summed E-state index contributed by atoms with van der Waals surface area (Å²) in [4.78, 5) is 5.58. The normalized spacial score (nSPS) is 12.6. The summed E-state index contributed by atoms with van der Waals surface area (Å²) in [5.74, 6) is 0.857. The zero-order valence-electron chi connectivity index (χ0n) is 15.2. The standard InChI is InChI=1S/C21H22N4O/c1-24(2)21(15-12-23-25(14-15)16-7-5-4-6-8-16)19-13-22-20-10-9-17(26-3)11-18(19)20/h4-14,21-22H,1-3H3. The molecule has 0 saturated heterocycles. The lowest BCUT2D eigenvalue weighted by Crippen LogP contribution is -2.20. The molecule has 0 fully saturated rings. The van der Waals surface area contributed by atoms with E-state index in [1.807, 2.05) is 35.1 Å². The van der Waals surface area contributed by atoms with E-state index in [4.69, 9.17) is 4.74 Å². The minimum absolute atomic E-state index is 0.0910. The van der Waals surface area contributed by atoms with Crippen LogP contribution in [0.25, 0.3) is 16.6 Å². The average molecular weight is 346 g/mol. The fraction of sp³-hybridized carbons (Fsp3) is 0.190. The van der Waals surface area contributed by atoms with Gasteiger partial charge in [0.15, 0.2) is 0 Å². The highest BCUT2D eigenvalue weighted by atomic mass is 16.5. The lowest BCUT2D eigenvalue weighted by atomic mass is 10.00. The van der Waals surface area contributed by atoms with Gasteiger partial charge < -0.3 is 9.72 Å². The van der Waals surface area contributed by atoms with E-state index in [2.05, 4.69) is 65.7 Å². The van der Waals surface area contributed by atoms with Crippen molar-refractivity contribution in [1.29, 1.82) is 0 Å². The molecular formula is C21H22N4O. The van der Waals surface area contributed by atoms with Gasteiger partial charge in [0.2, 0.25) is 0 Å². The summed E-state index contributed by atoms with van der Waals surface area (Å²) in [5, 5.41) is 5.73. The van der Waals surface area contributed by atoms with Gasteiger partial charge in [-0.2, -0.15) is 5.10 Å². The summed E-state index contributed by atoms with van der Waals surface area (Å²) >= 11 is 0. The Morgan fingerprint density at radius 1 is 1.12 bits per heavy atom. The van der Waals surface area contributed by atoms with Gasteiger partial charge >= 0.3 is 0 Å². The van der Waals surface area contributed by atoms with Crippen LogP contribution in [0.15, 0.2) is 67.1 Å². The SMILES string of the molecule is COc1ccc2[nH]cc(C(c3cnn(-c4ccccc4)c3)N(C)C)c2c1. The number of aromatic nitrogens is 3. The Kier molecular flexibility index (Phi) is 4.22. The number of methoxy groups -OCH3 is 1. The maximum absolute atomic E-state index is 5.41. The zero-order chi connectivity index (χ0) is 18.1. The molecule has 0 saturated carbocycles. The van der Waals surface area contributed by atoms with E-state index in [1.54, 1.807) is 7.11 Å². The molecule has 0 spiro atoms. The highest BCUT2D eigenvalue weighted by Gasteiger charge is 2.22. The molecule has 0 bridgehead atoms. The van der Waals surface area contributed by atoms with Crippen LogP contribution in [0.4, 0.5) is 0 Å². The van der Waals surface area contributed by atoms with E-state index in [-0.39, 0.29) is 6.04 Å². The molecular weight excluding hydrogens is 324 g/mol. The summed E-state index contributed by atoms with van der Waals surface area (Å²) in [7, 11) is 5.87. The molecule has 2 aromatic heterocycles. The van der Waals surface area contributed by atoms with Crippen molar-refractivity contribution in [2.75, 3.05) is 21.2 Å². The van der Waals surface area contributed by atoms with Crippen LogP contribution in [0.5, 0.6) is 5.75 Å². The first kappa shape index (κ1) is 16.4. The lowest BCUT2D eigenvalue weighted by molar-refractivity contribution is 0.344. The second-order valence-electron chi connectivity index (χ2n) is 6.58. The number of ether oxygens (including phenoxy) is 1. The smallest absolute Gasteiger partial charge is 0.119 e. The molecule has 2 heterocycles. The fourth-order valence-corrected chi connectivity index (χ4v) is 3.43. The number of aromatic amines is 1. The molecule has 4 aromatic rings. The van der Waals surface area contributed by atoms with Gasteiger partial charge in [0.25, 0.3) is 0 Å². The van der Waals surface area contributed by atoms with E-state index in [1.165, 1.54) is 5.56 Å². The molecule has 0 radical (unpaired) electrons. The van der Waals surface area contributed by atoms with Crippen LogP contribution in [0, 0.1) is 0 Å². The first-order valence-electron chi connectivity index (χ1n) is 8.59. The van der Waals surface area contributed by atoms with Gasteiger partial charge in [-0.15, -0.1) is 0 Å². The van der Waals surface area contributed by atoms with E-state index in [0.717, 1.165) is 27.9 Å². The maximum Gasteiger partial charge on any atom is 0.119 e. The number of hydrogen-bond acceptors (Lipinski definition) is 3. The number of hydrogen-bond donors (Lipinski definition) is 1. The predicted octanol–water partition coefficient (Wildman–Crippen LogP) is 4.01. The predicted molar refractivity (Wildman–Crippen MR) is 104 cm³/mol. The number of benzene rings is 2. The van der Waals surface area contributed by atoms with Crippen LogP contribution in [-0.2, 0) is 0 Å². The summed E-state index contributed by atoms with van der Waals surface area (Å²) in [6, 6.07) is 16.4. The minimum atomic E-state index is 0.0910. The third-order valence-electron chi connectivity index (χ3n) is 4.67. The number of H-pyrrole nitrogens is 1. The van der Waals surface area contributed by atoms with Crippen molar-refractivity contribution >= 4 is 10.9 Å². The van der Waals surface area contributed by atoms with Crippen LogP contribution in [0.3, 0.4) is 0 Å². The van der Waals surface area contributed by atoms with Crippen molar-refractivity contribution < 1.29 is 4.74 Å². The van der Waals surface area contributed by atoms with Gasteiger partial charge in [-0.25, -0.2) is 4.68 Å². The van der Waals surface area contributed by atoms with Crippen LogP contribution in [0.1, 0.15) is 17.2 Å². The van der Waals surface area contributed by atoms with Crippen molar-refractivity contribution in [2.24, 2.45) is 0 Å². The summed E-state index contributed by atoms with van der Waals surface area (Å²) < 4.78 is 7.33. The van der Waals surface area contributed by atoms with E-state index in [9.17, 15) is 0 Å². The Labute approximate surface area is 152 Å². The molecule has 1 N–H and O–H groups in total. The highest BCUT2D eigenvalue weighted by Crippen LogP contribution is 2.34. The summed E-state index contributed by atoms with van der Waals surface area (Å²) in [5.41, 5.74) is 4.50. The molecule has 0 amide bonds. The Hall–Kier alpha value is -3.05. The number of rotatable bonds is 5. The Morgan fingerprint density at radius 3 is 2.65 bits per heavy atom. The molecule has 26 heavy (non-hydrogen) atoms. The number of nitrogens with zero attached hydrogens (tertiary/aromatic N) is 3. The second kappa shape index (κ2) is 6.69. The molecule has 1 atom stereocenters. The zero-order valence-corrected chi connectivity index (χ0v) is 15.2. The molecule has 5 nitrogen and oxygen atoms in total. The third kappa shape index (κ3) is 2.86.